The van der Waals surface area contributed by atoms with E-state index in [1.807, 2.05) is 6.92 Å². The molecule has 1 aliphatic carbocycles. The highest BCUT2D eigenvalue weighted by Crippen LogP contribution is 2.40. The number of esters is 1. The van der Waals surface area contributed by atoms with E-state index in [1.54, 1.807) is 0 Å². The predicted molar refractivity (Wildman–Crippen MR) is 60.5 cm³/mol. The maximum atomic E-state index is 11.8. The van der Waals surface area contributed by atoms with Gasteiger partial charge in [0.15, 0.2) is 0 Å². The van der Waals surface area contributed by atoms with Crippen molar-refractivity contribution in [2.24, 2.45) is 5.41 Å². The number of hydrogen-bond donors (Lipinski definition) is 0. The lowest BCUT2D eigenvalue weighted by atomic mass is 9.74. The Morgan fingerprint density at radius 2 is 2.14 bits per heavy atom. The van der Waals surface area contributed by atoms with Gasteiger partial charge < -0.3 is 4.74 Å². The zero-order chi connectivity index (χ0) is 10.6. The summed E-state index contributed by atoms with van der Waals surface area (Å²) in [4.78, 5) is 11.8. The van der Waals surface area contributed by atoms with E-state index in [-0.39, 0.29) is 11.4 Å². The Bertz CT molecular complexity index is 225. The van der Waals surface area contributed by atoms with Gasteiger partial charge in [0.05, 0.1) is 12.0 Å². The number of ether oxygens (including phenoxy) is 1. The van der Waals surface area contributed by atoms with Crippen LogP contribution in [-0.2, 0) is 9.53 Å². The van der Waals surface area contributed by atoms with Crippen LogP contribution in [-0.4, -0.2) is 17.9 Å². The van der Waals surface area contributed by atoms with Crippen LogP contribution in [0, 0.1) is 5.41 Å². The summed E-state index contributed by atoms with van der Waals surface area (Å²) >= 11 is 3.43. The standard InChI is InChI=1S/C11H17BrO2/c1-3-14-10(13)11(8-12)6-4-9(2)5-7-11/h2-8H2,1H3. The molecule has 0 aliphatic heterocycles. The molecule has 3 heteroatoms. The molecule has 80 valence electrons. The van der Waals surface area contributed by atoms with Crippen molar-refractivity contribution in [1.29, 1.82) is 0 Å². The molecule has 14 heavy (non-hydrogen) atoms. The lowest BCUT2D eigenvalue weighted by Crippen LogP contribution is -2.37. The molecule has 0 aromatic heterocycles. The predicted octanol–water partition coefficient (Wildman–Crippen LogP) is 3.06. The van der Waals surface area contributed by atoms with E-state index >= 15 is 0 Å². The summed E-state index contributed by atoms with van der Waals surface area (Å²) in [5.74, 6) is -0.0515. The highest BCUT2D eigenvalue weighted by atomic mass is 79.9. The molecule has 0 bridgehead atoms. The largest absolute Gasteiger partial charge is 0.466 e. The molecule has 0 spiro atoms. The first-order valence-electron chi connectivity index (χ1n) is 5.04. The number of carbonyl (C=O) groups is 1. The van der Waals surface area contributed by atoms with Gasteiger partial charge in [0, 0.05) is 5.33 Å². The normalized spacial score (nSPS) is 20.6. The zero-order valence-electron chi connectivity index (χ0n) is 8.64. The summed E-state index contributed by atoms with van der Waals surface area (Å²) < 4.78 is 5.11. The van der Waals surface area contributed by atoms with Crippen molar-refractivity contribution in [1.82, 2.24) is 0 Å². The summed E-state index contributed by atoms with van der Waals surface area (Å²) in [6, 6.07) is 0. The molecule has 0 radical (unpaired) electrons. The van der Waals surface area contributed by atoms with E-state index in [9.17, 15) is 4.79 Å². The van der Waals surface area contributed by atoms with E-state index in [1.165, 1.54) is 5.57 Å². The van der Waals surface area contributed by atoms with Gasteiger partial charge in [-0.3, -0.25) is 4.79 Å². The molecule has 0 N–H and O–H groups in total. The Hall–Kier alpha value is -0.310. The minimum absolute atomic E-state index is 0.0515. The van der Waals surface area contributed by atoms with Crippen molar-refractivity contribution in [3.05, 3.63) is 12.2 Å². The second-order valence-electron chi connectivity index (χ2n) is 3.88. The second-order valence-corrected chi connectivity index (χ2v) is 4.45. The molecule has 1 rings (SSSR count). The Morgan fingerprint density at radius 3 is 2.57 bits per heavy atom. The van der Waals surface area contributed by atoms with Gasteiger partial charge in [-0.05, 0) is 32.6 Å². The SMILES string of the molecule is C=C1CCC(CBr)(C(=O)OCC)CC1. The van der Waals surface area contributed by atoms with Crippen LogP contribution in [0.4, 0.5) is 0 Å². The van der Waals surface area contributed by atoms with Crippen molar-refractivity contribution in [3.8, 4) is 0 Å². The van der Waals surface area contributed by atoms with Gasteiger partial charge in [-0.25, -0.2) is 0 Å². The monoisotopic (exact) mass is 260 g/mol. The van der Waals surface area contributed by atoms with Crippen LogP contribution in [0.3, 0.4) is 0 Å². The fourth-order valence-electron chi connectivity index (χ4n) is 1.76. The van der Waals surface area contributed by atoms with E-state index in [0.29, 0.717) is 11.9 Å². The minimum Gasteiger partial charge on any atom is -0.466 e. The van der Waals surface area contributed by atoms with Gasteiger partial charge in [0.25, 0.3) is 0 Å². The van der Waals surface area contributed by atoms with E-state index in [4.69, 9.17) is 4.74 Å². The minimum atomic E-state index is -0.294. The average Bonchev–Trinajstić information content (AvgIpc) is 2.20. The Balaban J connectivity index is 2.66. The first kappa shape index (κ1) is 11.8. The third kappa shape index (κ3) is 2.38. The van der Waals surface area contributed by atoms with Gasteiger partial charge >= 0.3 is 5.97 Å². The Labute approximate surface area is 93.8 Å². The molecule has 0 atom stereocenters. The quantitative estimate of drug-likeness (QED) is 0.443. The molecule has 0 amide bonds. The molecule has 2 nitrogen and oxygen atoms in total. The fourth-order valence-corrected chi connectivity index (χ4v) is 2.55. The van der Waals surface area contributed by atoms with Crippen LogP contribution < -0.4 is 0 Å². The number of alkyl halides is 1. The van der Waals surface area contributed by atoms with Crippen LogP contribution in [0.15, 0.2) is 12.2 Å². The fraction of sp³-hybridized carbons (Fsp3) is 0.727. The van der Waals surface area contributed by atoms with Crippen molar-refractivity contribution < 1.29 is 9.53 Å². The smallest absolute Gasteiger partial charge is 0.312 e. The van der Waals surface area contributed by atoms with Gasteiger partial charge in [0.1, 0.15) is 0 Å². The van der Waals surface area contributed by atoms with Crippen molar-refractivity contribution in [3.63, 3.8) is 0 Å². The summed E-state index contributed by atoms with van der Waals surface area (Å²) in [7, 11) is 0. The number of rotatable bonds is 3. The molecule has 1 aliphatic rings. The molecule has 1 fully saturated rings. The van der Waals surface area contributed by atoms with Gasteiger partial charge in [-0.1, -0.05) is 28.1 Å². The first-order valence-corrected chi connectivity index (χ1v) is 6.16. The summed E-state index contributed by atoms with van der Waals surface area (Å²) in [6.45, 7) is 6.27. The lowest BCUT2D eigenvalue weighted by molar-refractivity contribution is -0.155. The van der Waals surface area contributed by atoms with Crippen LogP contribution in [0.2, 0.25) is 0 Å². The maximum Gasteiger partial charge on any atom is 0.312 e. The topological polar surface area (TPSA) is 26.3 Å². The molecular formula is C11H17BrO2. The van der Waals surface area contributed by atoms with Gasteiger partial charge in [-0.2, -0.15) is 0 Å². The summed E-state index contributed by atoms with van der Waals surface area (Å²) in [6.07, 6.45) is 3.64. The second kappa shape index (κ2) is 4.96. The van der Waals surface area contributed by atoms with E-state index in [0.717, 1.165) is 25.7 Å². The molecule has 0 heterocycles. The average molecular weight is 261 g/mol. The van der Waals surface area contributed by atoms with Gasteiger partial charge in [-0.15, -0.1) is 0 Å². The highest BCUT2D eigenvalue weighted by molar-refractivity contribution is 9.09. The molecule has 0 aromatic rings. The molecular weight excluding hydrogens is 244 g/mol. The van der Waals surface area contributed by atoms with Crippen molar-refractivity contribution in [2.45, 2.75) is 32.6 Å². The maximum absolute atomic E-state index is 11.8. The van der Waals surface area contributed by atoms with E-state index < -0.39 is 0 Å². The lowest BCUT2D eigenvalue weighted by Gasteiger charge is -2.33. The first-order chi connectivity index (χ1) is 6.64. The number of halogens is 1. The number of allylic oxidation sites excluding steroid dienone is 1. The van der Waals surface area contributed by atoms with E-state index in [2.05, 4.69) is 22.5 Å². The summed E-state index contributed by atoms with van der Waals surface area (Å²) in [5, 5.41) is 0.701. The summed E-state index contributed by atoms with van der Waals surface area (Å²) in [5.41, 5.74) is 0.961. The van der Waals surface area contributed by atoms with Crippen LogP contribution in [0.25, 0.3) is 0 Å². The molecule has 1 saturated carbocycles. The van der Waals surface area contributed by atoms with Crippen LogP contribution in [0.1, 0.15) is 32.6 Å². The zero-order valence-corrected chi connectivity index (χ0v) is 10.2. The van der Waals surface area contributed by atoms with Crippen molar-refractivity contribution in [2.75, 3.05) is 11.9 Å². The third-order valence-electron chi connectivity index (χ3n) is 2.88. The highest BCUT2D eigenvalue weighted by Gasteiger charge is 2.40. The molecule has 0 saturated heterocycles. The van der Waals surface area contributed by atoms with Crippen molar-refractivity contribution >= 4 is 21.9 Å². The third-order valence-corrected chi connectivity index (χ3v) is 3.95. The van der Waals surface area contributed by atoms with Gasteiger partial charge in [0.2, 0.25) is 0 Å². The van der Waals surface area contributed by atoms with Crippen LogP contribution in [0.5, 0.6) is 0 Å². The molecule has 0 unspecified atom stereocenters. The Kier molecular flexibility index (Phi) is 4.17. The Morgan fingerprint density at radius 1 is 1.57 bits per heavy atom. The molecule has 0 aromatic carbocycles. The number of carbonyl (C=O) groups excluding carboxylic acids is 1. The van der Waals surface area contributed by atoms with Crippen LogP contribution >= 0.6 is 15.9 Å². The number of hydrogen-bond acceptors (Lipinski definition) is 2.